The van der Waals surface area contributed by atoms with E-state index in [1.165, 1.54) is 30.3 Å². The summed E-state index contributed by atoms with van der Waals surface area (Å²) in [5.74, 6) is -0.953. The Bertz CT molecular complexity index is 610. The Kier molecular flexibility index (Phi) is 3.83. The molecule has 0 aliphatic carbocycles. The molecule has 0 radical (unpaired) electrons. The molecule has 0 amide bonds. The number of para-hydroxylation sites is 1. The fraction of sp³-hybridized carbons (Fsp3) is 0.143. The summed E-state index contributed by atoms with van der Waals surface area (Å²) in [5.41, 5.74) is 4.87. The quantitative estimate of drug-likeness (QED) is 0.683. The molecule has 0 aliphatic rings. The summed E-state index contributed by atoms with van der Waals surface area (Å²) in [6, 6.07) is 8.71. The monoisotopic (exact) mass is 285 g/mol. The predicted octanol–water partition coefficient (Wildman–Crippen LogP) is 4.01. The molecule has 106 valence electrons. The molecule has 2 aromatic carbocycles. The van der Waals surface area contributed by atoms with Gasteiger partial charge in [-0.25, -0.2) is 4.39 Å². The van der Waals surface area contributed by atoms with Gasteiger partial charge in [0.25, 0.3) is 0 Å². The fourth-order valence-electron chi connectivity index (χ4n) is 1.66. The van der Waals surface area contributed by atoms with Crippen LogP contribution in [0.15, 0.2) is 42.5 Å². The van der Waals surface area contributed by atoms with E-state index in [1.807, 2.05) is 0 Å². The molecule has 2 aromatic rings. The molecular weight excluding hydrogens is 274 g/mol. The molecule has 0 bridgehead atoms. The van der Waals surface area contributed by atoms with Crippen LogP contribution in [0.4, 0.5) is 23.2 Å². The van der Waals surface area contributed by atoms with Crippen LogP contribution in [0.2, 0.25) is 0 Å². The third-order valence-corrected chi connectivity index (χ3v) is 2.65. The molecule has 0 aliphatic heterocycles. The van der Waals surface area contributed by atoms with Gasteiger partial charge in [0, 0.05) is 11.3 Å². The molecule has 0 aromatic heterocycles. The number of ether oxygens (including phenoxy) is 1. The van der Waals surface area contributed by atoms with E-state index in [0.29, 0.717) is 0 Å². The number of benzene rings is 2. The number of halogens is 4. The van der Waals surface area contributed by atoms with Crippen LogP contribution in [0.3, 0.4) is 0 Å². The first-order valence-electron chi connectivity index (χ1n) is 5.71. The SMILES string of the molecule is Nc1ccc(COc2ccccc2C(F)(F)F)c(F)c1. The molecular formula is C14H11F4NO. The zero-order valence-electron chi connectivity index (χ0n) is 10.2. The van der Waals surface area contributed by atoms with Crippen molar-refractivity contribution in [2.75, 3.05) is 5.73 Å². The summed E-state index contributed by atoms with van der Waals surface area (Å²) in [5, 5.41) is 0. The Morgan fingerprint density at radius 2 is 1.75 bits per heavy atom. The van der Waals surface area contributed by atoms with Crippen molar-refractivity contribution in [3.8, 4) is 5.75 Å². The number of nitrogens with two attached hydrogens (primary N) is 1. The zero-order valence-corrected chi connectivity index (χ0v) is 10.2. The van der Waals surface area contributed by atoms with Gasteiger partial charge in [-0.3, -0.25) is 0 Å². The predicted molar refractivity (Wildman–Crippen MR) is 66.6 cm³/mol. The smallest absolute Gasteiger partial charge is 0.419 e. The highest BCUT2D eigenvalue weighted by molar-refractivity contribution is 5.41. The van der Waals surface area contributed by atoms with Crippen molar-refractivity contribution < 1.29 is 22.3 Å². The van der Waals surface area contributed by atoms with Crippen molar-refractivity contribution in [2.45, 2.75) is 12.8 Å². The van der Waals surface area contributed by atoms with Gasteiger partial charge < -0.3 is 10.5 Å². The molecule has 2 rings (SSSR count). The van der Waals surface area contributed by atoms with Crippen molar-refractivity contribution in [1.29, 1.82) is 0 Å². The largest absolute Gasteiger partial charge is 0.488 e. The van der Waals surface area contributed by atoms with Gasteiger partial charge in [0.15, 0.2) is 0 Å². The molecule has 20 heavy (non-hydrogen) atoms. The summed E-state index contributed by atoms with van der Waals surface area (Å²) in [6.45, 7) is -0.306. The van der Waals surface area contributed by atoms with Gasteiger partial charge in [0.05, 0.1) is 5.56 Å². The van der Waals surface area contributed by atoms with Crippen LogP contribution < -0.4 is 10.5 Å². The minimum atomic E-state index is -4.52. The lowest BCUT2D eigenvalue weighted by molar-refractivity contribution is -0.139. The molecule has 0 unspecified atom stereocenters. The van der Waals surface area contributed by atoms with Crippen molar-refractivity contribution in [3.63, 3.8) is 0 Å². The van der Waals surface area contributed by atoms with E-state index in [-0.39, 0.29) is 23.6 Å². The van der Waals surface area contributed by atoms with E-state index in [2.05, 4.69) is 0 Å². The summed E-state index contributed by atoms with van der Waals surface area (Å²) in [4.78, 5) is 0. The van der Waals surface area contributed by atoms with E-state index >= 15 is 0 Å². The lowest BCUT2D eigenvalue weighted by atomic mass is 10.2. The van der Waals surface area contributed by atoms with Gasteiger partial charge in [0.2, 0.25) is 0 Å². The first kappa shape index (κ1) is 14.2. The number of anilines is 1. The molecule has 0 heterocycles. The van der Waals surface area contributed by atoms with Crippen LogP contribution in [0.1, 0.15) is 11.1 Å². The van der Waals surface area contributed by atoms with Crippen molar-refractivity contribution >= 4 is 5.69 Å². The standard InChI is InChI=1S/C14H11F4NO/c15-12-7-10(19)6-5-9(12)8-20-13-4-2-1-3-11(13)14(16,17)18/h1-7H,8,19H2. The molecule has 0 saturated heterocycles. The number of hydrogen-bond acceptors (Lipinski definition) is 2. The molecule has 2 nitrogen and oxygen atoms in total. The first-order chi connectivity index (χ1) is 9.38. The number of rotatable bonds is 3. The van der Waals surface area contributed by atoms with E-state index in [4.69, 9.17) is 10.5 Å². The van der Waals surface area contributed by atoms with Gasteiger partial charge >= 0.3 is 6.18 Å². The fourth-order valence-corrected chi connectivity index (χ4v) is 1.66. The van der Waals surface area contributed by atoms with Gasteiger partial charge in [-0.2, -0.15) is 13.2 Å². The third-order valence-electron chi connectivity index (χ3n) is 2.65. The van der Waals surface area contributed by atoms with Crippen LogP contribution in [0, 0.1) is 5.82 Å². The Labute approximate surface area is 112 Å². The Morgan fingerprint density at radius 3 is 2.40 bits per heavy atom. The van der Waals surface area contributed by atoms with Gasteiger partial charge in [-0.1, -0.05) is 18.2 Å². The highest BCUT2D eigenvalue weighted by Gasteiger charge is 2.34. The Balaban J connectivity index is 2.19. The van der Waals surface area contributed by atoms with Gasteiger partial charge in [0.1, 0.15) is 18.2 Å². The van der Waals surface area contributed by atoms with Crippen molar-refractivity contribution in [3.05, 3.63) is 59.4 Å². The maximum atomic E-state index is 13.5. The molecule has 6 heteroatoms. The maximum Gasteiger partial charge on any atom is 0.419 e. The van der Waals surface area contributed by atoms with Crippen LogP contribution in [-0.4, -0.2) is 0 Å². The third kappa shape index (κ3) is 3.20. The van der Waals surface area contributed by atoms with Crippen LogP contribution in [0.5, 0.6) is 5.75 Å². The van der Waals surface area contributed by atoms with Gasteiger partial charge in [-0.05, 0) is 24.3 Å². The minimum Gasteiger partial charge on any atom is -0.488 e. The van der Waals surface area contributed by atoms with E-state index < -0.39 is 17.6 Å². The van der Waals surface area contributed by atoms with Crippen LogP contribution >= 0.6 is 0 Å². The zero-order chi connectivity index (χ0) is 14.8. The second kappa shape index (κ2) is 5.40. The van der Waals surface area contributed by atoms with Crippen LogP contribution in [-0.2, 0) is 12.8 Å². The van der Waals surface area contributed by atoms with Crippen molar-refractivity contribution in [2.24, 2.45) is 0 Å². The summed E-state index contributed by atoms with van der Waals surface area (Å²) in [7, 11) is 0. The van der Waals surface area contributed by atoms with E-state index in [0.717, 1.165) is 12.1 Å². The minimum absolute atomic E-state index is 0.135. The second-order valence-corrected chi connectivity index (χ2v) is 4.13. The molecule has 0 fully saturated rings. The lowest BCUT2D eigenvalue weighted by Gasteiger charge is -2.14. The summed E-state index contributed by atoms with van der Waals surface area (Å²) < 4.78 is 56.8. The summed E-state index contributed by atoms with van der Waals surface area (Å²) in [6.07, 6.45) is -4.52. The summed E-state index contributed by atoms with van der Waals surface area (Å²) >= 11 is 0. The number of nitrogen functional groups attached to an aromatic ring is 1. The highest BCUT2D eigenvalue weighted by atomic mass is 19.4. The van der Waals surface area contributed by atoms with Gasteiger partial charge in [-0.15, -0.1) is 0 Å². The maximum absolute atomic E-state index is 13.5. The average Bonchev–Trinajstić information content (AvgIpc) is 2.37. The second-order valence-electron chi connectivity index (χ2n) is 4.13. The van der Waals surface area contributed by atoms with E-state index in [1.54, 1.807) is 0 Å². The number of alkyl halides is 3. The van der Waals surface area contributed by atoms with E-state index in [9.17, 15) is 17.6 Å². The molecule has 0 atom stereocenters. The molecule has 0 saturated carbocycles. The molecule has 2 N–H and O–H groups in total. The topological polar surface area (TPSA) is 35.2 Å². The van der Waals surface area contributed by atoms with Crippen molar-refractivity contribution in [1.82, 2.24) is 0 Å². The van der Waals surface area contributed by atoms with Crippen LogP contribution in [0.25, 0.3) is 0 Å². The number of hydrogen-bond donors (Lipinski definition) is 1. The highest BCUT2D eigenvalue weighted by Crippen LogP contribution is 2.36. The Hall–Kier alpha value is -2.24. The average molecular weight is 285 g/mol. The Morgan fingerprint density at radius 1 is 1.05 bits per heavy atom. The lowest BCUT2D eigenvalue weighted by Crippen LogP contribution is -2.09. The molecule has 0 spiro atoms. The normalized spacial score (nSPS) is 11.4. The first-order valence-corrected chi connectivity index (χ1v) is 5.71.